The molecule has 0 unspecified atom stereocenters. The lowest BCUT2D eigenvalue weighted by Crippen LogP contribution is -2.46. The summed E-state index contributed by atoms with van der Waals surface area (Å²) >= 11 is 3.78. The van der Waals surface area contributed by atoms with Gasteiger partial charge in [-0.1, -0.05) is 45.2 Å². The molecule has 11 rings (SSSR count). The van der Waals surface area contributed by atoms with E-state index in [9.17, 15) is 0 Å². The van der Waals surface area contributed by atoms with Gasteiger partial charge in [0.05, 0.1) is 10.8 Å². The van der Waals surface area contributed by atoms with Gasteiger partial charge in [-0.05, 0) is 112 Å². The first-order chi connectivity index (χ1) is 28.2. The van der Waals surface area contributed by atoms with Crippen molar-refractivity contribution in [1.29, 1.82) is 0 Å². The van der Waals surface area contributed by atoms with E-state index in [0.717, 1.165) is 85.7 Å². The zero-order chi connectivity index (χ0) is 38.0. The van der Waals surface area contributed by atoms with E-state index in [-0.39, 0.29) is 14.9 Å². The van der Waals surface area contributed by atoms with E-state index in [1.54, 1.807) is 4.88 Å². The van der Waals surface area contributed by atoms with Gasteiger partial charge in [0, 0.05) is 91.5 Å². The molecule has 6 aromatic heterocycles. The molecule has 2 saturated heterocycles. The molecule has 9 nitrogen and oxygen atoms in total. The average molecular weight is 824 g/mol. The molecule has 0 spiro atoms. The minimum absolute atomic E-state index is 0. The molecule has 0 N–H and O–H groups in total. The van der Waals surface area contributed by atoms with Crippen LogP contribution in [0.2, 0.25) is 0 Å². The second-order valence-corrected chi connectivity index (χ2v) is 18.0. The van der Waals surface area contributed by atoms with Gasteiger partial charge in [0.1, 0.15) is 21.3 Å². The van der Waals surface area contributed by atoms with Crippen LogP contribution in [0.1, 0.15) is 86.2 Å². The zero-order valence-corrected chi connectivity index (χ0v) is 34.2. The number of pyridine rings is 2. The number of aromatic nitrogens is 6. The Morgan fingerprint density at radius 1 is 0.475 bits per heavy atom. The summed E-state index contributed by atoms with van der Waals surface area (Å²) in [6.07, 6.45) is 21.1. The van der Waals surface area contributed by atoms with Crippen molar-refractivity contribution in [1.82, 2.24) is 34.8 Å². The van der Waals surface area contributed by atoms with Crippen molar-refractivity contribution < 1.29 is 0 Å². The highest BCUT2D eigenvalue weighted by molar-refractivity contribution is 7.19. The van der Waals surface area contributed by atoms with E-state index in [1.807, 2.05) is 71.7 Å². The molecule has 0 bridgehead atoms. The molecule has 4 aliphatic rings. The van der Waals surface area contributed by atoms with Crippen molar-refractivity contribution in [2.24, 2.45) is 0 Å². The maximum atomic E-state index is 5.16. The van der Waals surface area contributed by atoms with Crippen LogP contribution in [0, 0.1) is 0 Å². The van der Waals surface area contributed by atoms with Crippen molar-refractivity contribution in [3.05, 3.63) is 106 Å². The van der Waals surface area contributed by atoms with Gasteiger partial charge in [-0.2, -0.15) is 0 Å². The van der Waals surface area contributed by atoms with E-state index < -0.39 is 0 Å². The van der Waals surface area contributed by atoms with E-state index in [0.29, 0.717) is 0 Å². The Labute approximate surface area is 357 Å². The minimum Gasteiger partial charge on any atom is -0.356 e. The highest BCUT2D eigenvalue weighted by atomic mass is 32.1. The van der Waals surface area contributed by atoms with Crippen LogP contribution < -0.4 is 9.80 Å². The molecular formula is C48H57N9S2. The number of fused-ring (bicyclic) bond motifs is 6. The lowest BCUT2D eigenvalue weighted by Gasteiger charge is -2.36. The summed E-state index contributed by atoms with van der Waals surface area (Å²) in [7, 11) is 0. The largest absolute Gasteiger partial charge is 0.356 e. The number of benzene rings is 1. The van der Waals surface area contributed by atoms with Gasteiger partial charge in [0.15, 0.2) is 11.6 Å². The summed E-state index contributed by atoms with van der Waals surface area (Å²) in [5.41, 5.74) is 6.53. The summed E-state index contributed by atoms with van der Waals surface area (Å²) in [4.78, 5) is 41.5. The van der Waals surface area contributed by atoms with Crippen LogP contribution in [0.25, 0.3) is 43.2 Å². The molecule has 0 amide bonds. The fourth-order valence-electron chi connectivity index (χ4n) is 9.06. The van der Waals surface area contributed by atoms with E-state index in [1.165, 1.54) is 107 Å². The van der Waals surface area contributed by atoms with Gasteiger partial charge in [0.25, 0.3) is 0 Å². The molecule has 59 heavy (non-hydrogen) atoms. The molecule has 1 aromatic carbocycles. The zero-order valence-electron chi connectivity index (χ0n) is 32.6. The van der Waals surface area contributed by atoms with Crippen LogP contribution in [0.4, 0.5) is 11.6 Å². The summed E-state index contributed by atoms with van der Waals surface area (Å²) < 4.78 is 0. The molecule has 11 heteroatoms. The van der Waals surface area contributed by atoms with E-state index in [4.69, 9.17) is 19.9 Å². The third kappa shape index (κ3) is 8.60. The first-order valence-electron chi connectivity index (χ1n) is 21.0. The Hall–Kier alpha value is -4.84. The summed E-state index contributed by atoms with van der Waals surface area (Å²) in [5, 5.41) is 2.67. The number of hydrogen-bond acceptors (Lipinski definition) is 11. The van der Waals surface area contributed by atoms with Gasteiger partial charge in [-0.25, -0.2) is 19.9 Å². The smallest absolute Gasteiger partial charge is 0.163 e. The summed E-state index contributed by atoms with van der Waals surface area (Å²) in [6, 6.07) is 18.8. The van der Waals surface area contributed by atoms with Crippen molar-refractivity contribution in [2.75, 3.05) is 49.1 Å². The maximum absolute atomic E-state index is 5.16. The molecule has 7 aromatic rings. The Kier molecular flexibility index (Phi) is 12.9. The van der Waals surface area contributed by atoms with Crippen LogP contribution in [0.15, 0.2) is 79.4 Å². The number of hydrogen-bond donors (Lipinski definition) is 0. The quantitative estimate of drug-likeness (QED) is 0.163. The minimum atomic E-state index is 0. The van der Waals surface area contributed by atoms with Crippen molar-refractivity contribution in [2.45, 2.75) is 92.0 Å². The predicted octanol–water partition coefficient (Wildman–Crippen LogP) is 10.8. The van der Waals surface area contributed by atoms with E-state index in [2.05, 4.69) is 55.0 Å². The molecule has 0 saturated carbocycles. The SMILES string of the molecule is C.C.c1cc(-c2nc(N3CCCCC3)c3c4c(sc3n2)CCCC4)ccn1.c1ccc(CN2CCN(c3nc(-c4ccncc4)nc4sc5c(c34)CCCC5)CC2)cc1. The van der Waals surface area contributed by atoms with Gasteiger partial charge < -0.3 is 9.80 Å². The van der Waals surface area contributed by atoms with E-state index >= 15 is 0 Å². The number of thiophene rings is 2. The summed E-state index contributed by atoms with van der Waals surface area (Å²) in [5.74, 6) is 3.98. The topological polar surface area (TPSA) is 87.1 Å². The summed E-state index contributed by atoms with van der Waals surface area (Å²) in [6.45, 7) is 7.36. The Balaban J connectivity index is 0.000000163. The number of rotatable bonds is 6. The number of nitrogens with zero attached hydrogens (tertiary/aromatic N) is 9. The highest BCUT2D eigenvalue weighted by Gasteiger charge is 2.28. The van der Waals surface area contributed by atoms with Crippen LogP contribution in [0.5, 0.6) is 0 Å². The van der Waals surface area contributed by atoms with Crippen molar-refractivity contribution in [3.8, 4) is 22.8 Å². The number of piperidine rings is 1. The molecule has 2 aliphatic heterocycles. The fourth-order valence-corrected chi connectivity index (χ4v) is 11.6. The van der Waals surface area contributed by atoms with Gasteiger partial charge in [-0.15, -0.1) is 22.7 Å². The van der Waals surface area contributed by atoms with Gasteiger partial charge >= 0.3 is 0 Å². The number of aryl methyl sites for hydroxylation is 4. The van der Waals surface area contributed by atoms with Crippen LogP contribution in [-0.4, -0.2) is 74.1 Å². The molecule has 2 fully saturated rings. The Morgan fingerprint density at radius 2 is 0.949 bits per heavy atom. The van der Waals surface area contributed by atoms with Crippen molar-refractivity contribution in [3.63, 3.8) is 0 Å². The second-order valence-electron chi connectivity index (χ2n) is 15.8. The first kappa shape index (κ1) is 40.9. The van der Waals surface area contributed by atoms with Crippen LogP contribution in [0.3, 0.4) is 0 Å². The molecule has 8 heterocycles. The molecular weight excluding hydrogens is 767 g/mol. The second kappa shape index (κ2) is 18.6. The first-order valence-corrected chi connectivity index (χ1v) is 22.6. The maximum Gasteiger partial charge on any atom is 0.163 e. The Morgan fingerprint density at radius 3 is 1.46 bits per heavy atom. The number of anilines is 2. The lowest BCUT2D eigenvalue weighted by molar-refractivity contribution is 0.249. The normalized spacial score (nSPS) is 16.7. The molecule has 0 radical (unpaired) electrons. The third-order valence-electron chi connectivity index (χ3n) is 12.0. The lowest BCUT2D eigenvalue weighted by atomic mass is 9.96. The van der Waals surface area contributed by atoms with Gasteiger partial charge in [-0.3, -0.25) is 14.9 Å². The number of piperazine rings is 1. The van der Waals surface area contributed by atoms with Crippen LogP contribution in [-0.2, 0) is 32.2 Å². The average Bonchev–Trinajstić information content (AvgIpc) is 3.86. The molecule has 306 valence electrons. The molecule has 2 aliphatic carbocycles. The monoisotopic (exact) mass is 823 g/mol. The van der Waals surface area contributed by atoms with Crippen molar-refractivity contribution >= 4 is 54.7 Å². The highest BCUT2D eigenvalue weighted by Crippen LogP contribution is 2.43. The Bertz CT molecular complexity index is 2450. The molecule has 0 atom stereocenters. The van der Waals surface area contributed by atoms with Gasteiger partial charge in [0.2, 0.25) is 0 Å². The fraction of sp³-hybridized carbons (Fsp3) is 0.417. The third-order valence-corrected chi connectivity index (χ3v) is 14.4. The predicted molar refractivity (Wildman–Crippen MR) is 248 cm³/mol. The van der Waals surface area contributed by atoms with Crippen LogP contribution >= 0.6 is 22.7 Å². The standard InChI is InChI=1S/C26H27N5S.C20H22N4S.2CH4/c1-2-6-19(7-3-1)18-30-14-16-31(17-15-30)25-23-21-8-4-5-9-22(21)32-26(23)29-24(28-25)20-10-12-27-13-11-20;1-4-12-24(13-5-1)19-17-15-6-2-3-7-16(15)25-20(17)23-18(22-19)14-8-10-21-11-9-14;;/h1-3,6-7,10-13H,4-5,8-9,14-18H2;8-11H,1-7,12-13H2;2*1H4.